The van der Waals surface area contributed by atoms with Crippen molar-refractivity contribution in [1.82, 2.24) is 4.90 Å². The molecular formula is C18H17NS. The molecule has 0 aliphatic heterocycles. The van der Waals surface area contributed by atoms with Gasteiger partial charge in [-0.1, -0.05) is 60.7 Å². The Morgan fingerprint density at radius 2 is 1.40 bits per heavy atom. The second kappa shape index (κ2) is 5.22. The Morgan fingerprint density at radius 1 is 0.900 bits per heavy atom. The highest BCUT2D eigenvalue weighted by atomic mass is 32.1. The molecule has 3 aromatic carbocycles. The lowest BCUT2D eigenvalue weighted by Gasteiger charge is -2.17. The molecule has 0 bridgehead atoms. The first-order valence-electron chi connectivity index (χ1n) is 6.76. The fourth-order valence-electron chi connectivity index (χ4n) is 2.61. The number of likely N-dealkylation sites (N-methyl/N-ethyl adjacent to an activating group) is 1. The van der Waals surface area contributed by atoms with E-state index < -0.39 is 0 Å². The predicted octanol–water partition coefficient (Wildman–Crippen LogP) is 4.42. The number of thiocarbonyl (C=S) groups is 1. The highest BCUT2D eigenvalue weighted by Crippen LogP contribution is 2.29. The molecule has 0 aliphatic carbocycles. The third kappa shape index (κ3) is 2.27. The van der Waals surface area contributed by atoms with Crippen molar-refractivity contribution in [1.29, 1.82) is 0 Å². The maximum Gasteiger partial charge on any atom is 0.0818 e. The average Bonchev–Trinajstić information content (AvgIpc) is 2.46. The van der Waals surface area contributed by atoms with E-state index in [0.29, 0.717) is 0 Å². The van der Waals surface area contributed by atoms with E-state index in [-0.39, 0.29) is 0 Å². The van der Waals surface area contributed by atoms with Crippen LogP contribution in [0.1, 0.15) is 5.56 Å². The van der Waals surface area contributed by atoms with Crippen LogP contribution >= 0.6 is 12.2 Å². The Morgan fingerprint density at radius 3 is 1.90 bits per heavy atom. The normalized spacial score (nSPS) is 10.9. The minimum absolute atomic E-state index is 0.810. The Labute approximate surface area is 124 Å². The summed E-state index contributed by atoms with van der Waals surface area (Å²) in [6, 6.07) is 19.3. The van der Waals surface area contributed by atoms with Crippen LogP contribution in [0.2, 0.25) is 0 Å². The molecule has 100 valence electrons. The van der Waals surface area contributed by atoms with Crippen LogP contribution in [-0.4, -0.2) is 24.0 Å². The molecule has 0 unspecified atom stereocenters. The molecule has 0 radical (unpaired) electrons. The van der Waals surface area contributed by atoms with Crippen LogP contribution in [-0.2, 0) is 6.42 Å². The smallest absolute Gasteiger partial charge is 0.0818 e. The Balaban J connectivity index is 2.30. The lowest BCUT2D eigenvalue weighted by atomic mass is 9.95. The Kier molecular flexibility index (Phi) is 3.41. The molecule has 0 atom stereocenters. The van der Waals surface area contributed by atoms with Crippen LogP contribution in [0.3, 0.4) is 0 Å². The average molecular weight is 279 g/mol. The molecule has 0 aromatic heterocycles. The molecule has 0 amide bonds. The van der Waals surface area contributed by atoms with E-state index in [1.165, 1.54) is 27.1 Å². The standard InChI is InChI=1S/C18H17NS/c1-19(2)18(20)12-17-15-9-5-3-7-13(15)11-14-8-4-6-10-16(14)17/h3-11H,12H2,1-2H3. The summed E-state index contributed by atoms with van der Waals surface area (Å²) in [4.78, 5) is 2.98. The summed E-state index contributed by atoms with van der Waals surface area (Å²) in [5, 5.41) is 5.16. The van der Waals surface area contributed by atoms with Crippen molar-refractivity contribution in [2.75, 3.05) is 14.1 Å². The van der Waals surface area contributed by atoms with E-state index in [2.05, 4.69) is 54.6 Å². The van der Waals surface area contributed by atoms with Gasteiger partial charge in [-0.05, 0) is 33.2 Å². The van der Waals surface area contributed by atoms with Gasteiger partial charge in [-0.25, -0.2) is 0 Å². The van der Waals surface area contributed by atoms with Gasteiger partial charge in [-0.2, -0.15) is 0 Å². The van der Waals surface area contributed by atoms with E-state index >= 15 is 0 Å². The fourth-order valence-corrected chi connectivity index (χ4v) is 2.75. The van der Waals surface area contributed by atoms with E-state index in [9.17, 15) is 0 Å². The van der Waals surface area contributed by atoms with Crippen molar-refractivity contribution < 1.29 is 0 Å². The lowest BCUT2D eigenvalue weighted by Crippen LogP contribution is -2.21. The minimum atomic E-state index is 0.810. The van der Waals surface area contributed by atoms with E-state index in [1.54, 1.807) is 0 Å². The van der Waals surface area contributed by atoms with Crippen LogP contribution in [0, 0.1) is 0 Å². The molecule has 3 aromatic rings. The van der Waals surface area contributed by atoms with E-state index in [0.717, 1.165) is 11.4 Å². The first-order chi connectivity index (χ1) is 9.66. The summed E-state index contributed by atoms with van der Waals surface area (Å²) in [7, 11) is 4.02. The quantitative estimate of drug-likeness (QED) is 0.504. The predicted molar refractivity (Wildman–Crippen MR) is 91.4 cm³/mol. The topological polar surface area (TPSA) is 3.24 Å². The van der Waals surface area contributed by atoms with E-state index in [4.69, 9.17) is 12.2 Å². The van der Waals surface area contributed by atoms with Crippen molar-refractivity contribution >= 4 is 38.8 Å². The molecule has 0 heterocycles. The SMILES string of the molecule is CN(C)C(=S)Cc1c2ccccc2cc2ccccc12. The number of hydrogen-bond acceptors (Lipinski definition) is 1. The number of fused-ring (bicyclic) bond motifs is 2. The molecule has 0 aliphatic rings. The number of benzene rings is 3. The first kappa shape index (κ1) is 13.1. The van der Waals surface area contributed by atoms with E-state index in [1.807, 2.05) is 19.0 Å². The zero-order chi connectivity index (χ0) is 14.1. The van der Waals surface area contributed by atoms with Gasteiger partial charge in [0.2, 0.25) is 0 Å². The van der Waals surface area contributed by atoms with Gasteiger partial charge in [0.25, 0.3) is 0 Å². The van der Waals surface area contributed by atoms with Crippen LogP contribution in [0.25, 0.3) is 21.5 Å². The molecular weight excluding hydrogens is 262 g/mol. The Bertz CT molecular complexity index is 736. The van der Waals surface area contributed by atoms with Crippen LogP contribution < -0.4 is 0 Å². The second-order valence-electron chi connectivity index (χ2n) is 5.26. The summed E-state index contributed by atoms with van der Waals surface area (Å²) in [5.74, 6) is 0. The van der Waals surface area contributed by atoms with Gasteiger partial charge in [0.05, 0.1) is 4.99 Å². The Hall–Kier alpha value is -1.93. The number of nitrogens with zero attached hydrogens (tertiary/aromatic N) is 1. The molecule has 0 saturated carbocycles. The lowest BCUT2D eigenvalue weighted by molar-refractivity contribution is 0.625. The van der Waals surface area contributed by atoms with Gasteiger partial charge in [0.1, 0.15) is 0 Å². The van der Waals surface area contributed by atoms with Gasteiger partial charge in [0, 0.05) is 20.5 Å². The molecule has 1 nitrogen and oxygen atoms in total. The van der Waals surface area contributed by atoms with Crippen molar-refractivity contribution in [3.8, 4) is 0 Å². The minimum Gasteiger partial charge on any atom is -0.372 e. The van der Waals surface area contributed by atoms with Gasteiger partial charge < -0.3 is 4.90 Å². The van der Waals surface area contributed by atoms with Crippen molar-refractivity contribution in [2.45, 2.75) is 6.42 Å². The number of hydrogen-bond donors (Lipinski definition) is 0. The van der Waals surface area contributed by atoms with Crippen molar-refractivity contribution in [3.05, 3.63) is 60.2 Å². The first-order valence-corrected chi connectivity index (χ1v) is 7.17. The summed E-state index contributed by atoms with van der Waals surface area (Å²) in [5.41, 5.74) is 1.33. The fraction of sp³-hybridized carbons (Fsp3) is 0.167. The van der Waals surface area contributed by atoms with Gasteiger partial charge >= 0.3 is 0 Å². The third-order valence-corrected chi connectivity index (χ3v) is 4.22. The summed E-state index contributed by atoms with van der Waals surface area (Å²) in [6.45, 7) is 0. The van der Waals surface area contributed by atoms with Crippen molar-refractivity contribution in [3.63, 3.8) is 0 Å². The molecule has 3 rings (SSSR count). The van der Waals surface area contributed by atoms with Crippen LogP contribution in [0.4, 0.5) is 0 Å². The largest absolute Gasteiger partial charge is 0.372 e. The molecule has 2 heteroatoms. The summed E-state index contributed by atoms with van der Waals surface area (Å²) < 4.78 is 0. The molecule has 20 heavy (non-hydrogen) atoms. The zero-order valence-corrected chi connectivity index (χ0v) is 12.6. The molecule has 0 saturated heterocycles. The summed E-state index contributed by atoms with van der Waals surface area (Å²) in [6.07, 6.45) is 0.810. The maximum atomic E-state index is 5.51. The highest BCUT2D eigenvalue weighted by molar-refractivity contribution is 7.80. The van der Waals surface area contributed by atoms with Crippen LogP contribution in [0.15, 0.2) is 54.6 Å². The van der Waals surface area contributed by atoms with Gasteiger partial charge in [0.15, 0.2) is 0 Å². The number of rotatable bonds is 2. The highest BCUT2D eigenvalue weighted by Gasteiger charge is 2.10. The van der Waals surface area contributed by atoms with Gasteiger partial charge in [-0.15, -0.1) is 0 Å². The summed E-state index contributed by atoms with van der Waals surface area (Å²) >= 11 is 5.51. The maximum absolute atomic E-state index is 5.51. The second-order valence-corrected chi connectivity index (χ2v) is 5.73. The third-order valence-electron chi connectivity index (χ3n) is 3.71. The molecule has 0 fully saturated rings. The van der Waals surface area contributed by atoms with Gasteiger partial charge in [-0.3, -0.25) is 0 Å². The molecule has 0 N–H and O–H groups in total. The monoisotopic (exact) mass is 279 g/mol. The zero-order valence-electron chi connectivity index (χ0n) is 11.8. The van der Waals surface area contributed by atoms with Crippen LogP contribution in [0.5, 0.6) is 0 Å². The molecule has 0 spiro atoms. The van der Waals surface area contributed by atoms with Crippen molar-refractivity contribution in [2.24, 2.45) is 0 Å².